The second-order valence-corrected chi connectivity index (χ2v) is 5.05. The smallest absolute Gasteiger partial charge is 0.332 e. The maximum atomic E-state index is 12.4. The Balaban J connectivity index is 2.02. The highest BCUT2D eigenvalue weighted by Crippen LogP contribution is 2.24. The largest absolute Gasteiger partial charge is 0.479 e. The Labute approximate surface area is 137 Å². The van der Waals surface area contributed by atoms with Crippen LogP contribution in [0.3, 0.4) is 0 Å². The summed E-state index contributed by atoms with van der Waals surface area (Å²) in [7, 11) is 0. The van der Waals surface area contributed by atoms with E-state index in [0.29, 0.717) is 22.2 Å². The standard InChI is InChI=1S/C18H14N2O4/c21-17(22)11-24-20-18(23)14-10-16(12-6-2-1-3-7-12)19-15-9-5-4-8-13(14)15/h1-10H,11H2,(H,20,23)(H,21,22). The van der Waals surface area contributed by atoms with Crippen molar-refractivity contribution in [2.24, 2.45) is 0 Å². The molecule has 0 radical (unpaired) electrons. The van der Waals surface area contributed by atoms with Crippen molar-refractivity contribution in [2.45, 2.75) is 0 Å². The van der Waals surface area contributed by atoms with Gasteiger partial charge in [-0.05, 0) is 12.1 Å². The molecule has 0 aliphatic carbocycles. The first kappa shape index (κ1) is 15.6. The molecule has 2 N–H and O–H groups in total. The van der Waals surface area contributed by atoms with Crippen LogP contribution in [0.1, 0.15) is 10.4 Å². The van der Waals surface area contributed by atoms with Gasteiger partial charge < -0.3 is 5.11 Å². The third-order valence-corrected chi connectivity index (χ3v) is 3.39. The van der Waals surface area contributed by atoms with Gasteiger partial charge in [0.25, 0.3) is 5.91 Å². The molecule has 3 rings (SSSR count). The molecular weight excluding hydrogens is 308 g/mol. The minimum absolute atomic E-state index is 0.366. The minimum atomic E-state index is -1.17. The molecule has 120 valence electrons. The van der Waals surface area contributed by atoms with E-state index in [-0.39, 0.29) is 0 Å². The first-order chi connectivity index (χ1) is 11.6. The number of amides is 1. The molecular formula is C18H14N2O4. The number of rotatable bonds is 5. The number of hydrogen-bond acceptors (Lipinski definition) is 4. The lowest BCUT2D eigenvalue weighted by Crippen LogP contribution is -2.27. The summed E-state index contributed by atoms with van der Waals surface area (Å²) in [5, 5.41) is 9.24. The van der Waals surface area contributed by atoms with Gasteiger partial charge in [0, 0.05) is 10.9 Å². The number of aromatic nitrogens is 1. The molecule has 0 atom stereocenters. The van der Waals surface area contributed by atoms with Crippen LogP contribution < -0.4 is 5.48 Å². The SMILES string of the molecule is O=C(O)CONC(=O)c1cc(-c2ccccc2)nc2ccccc12. The summed E-state index contributed by atoms with van der Waals surface area (Å²) in [6.07, 6.45) is 0. The molecule has 24 heavy (non-hydrogen) atoms. The highest BCUT2D eigenvalue weighted by molar-refractivity contribution is 6.06. The Hall–Kier alpha value is -3.25. The Morgan fingerprint density at radius 2 is 1.75 bits per heavy atom. The molecule has 1 heterocycles. The second kappa shape index (κ2) is 6.89. The summed E-state index contributed by atoms with van der Waals surface area (Å²) in [6.45, 7) is -0.611. The molecule has 0 saturated heterocycles. The van der Waals surface area contributed by atoms with Crippen molar-refractivity contribution in [3.05, 3.63) is 66.2 Å². The number of carbonyl (C=O) groups is 2. The molecule has 6 nitrogen and oxygen atoms in total. The summed E-state index contributed by atoms with van der Waals surface area (Å²) >= 11 is 0. The monoisotopic (exact) mass is 322 g/mol. The summed E-state index contributed by atoms with van der Waals surface area (Å²) < 4.78 is 0. The molecule has 0 aliphatic heterocycles. The number of fused-ring (bicyclic) bond motifs is 1. The number of carboxylic acids is 1. The van der Waals surface area contributed by atoms with Crippen LogP contribution in [0.4, 0.5) is 0 Å². The number of nitrogens with one attached hydrogen (secondary N) is 1. The molecule has 2 aromatic carbocycles. The van der Waals surface area contributed by atoms with Crippen molar-refractivity contribution < 1.29 is 19.5 Å². The Bertz CT molecular complexity index is 894. The van der Waals surface area contributed by atoms with E-state index in [2.05, 4.69) is 15.3 Å². The van der Waals surface area contributed by atoms with Crippen LogP contribution in [0, 0.1) is 0 Å². The number of hydroxylamine groups is 1. The van der Waals surface area contributed by atoms with Gasteiger partial charge in [-0.15, -0.1) is 0 Å². The van der Waals surface area contributed by atoms with E-state index >= 15 is 0 Å². The number of hydrogen-bond donors (Lipinski definition) is 2. The van der Waals surface area contributed by atoms with Gasteiger partial charge in [0.1, 0.15) is 0 Å². The van der Waals surface area contributed by atoms with Crippen molar-refractivity contribution in [2.75, 3.05) is 6.61 Å². The Morgan fingerprint density at radius 1 is 1.04 bits per heavy atom. The Morgan fingerprint density at radius 3 is 2.50 bits per heavy atom. The second-order valence-electron chi connectivity index (χ2n) is 5.05. The van der Waals surface area contributed by atoms with Gasteiger partial charge in [-0.25, -0.2) is 15.3 Å². The number of pyridine rings is 1. The average Bonchev–Trinajstić information content (AvgIpc) is 2.61. The number of benzene rings is 2. The van der Waals surface area contributed by atoms with E-state index in [4.69, 9.17) is 5.11 Å². The third-order valence-electron chi connectivity index (χ3n) is 3.39. The number of carboxylic acid groups (broad SMARTS) is 1. The average molecular weight is 322 g/mol. The predicted molar refractivity (Wildman–Crippen MR) is 88.2 cm³/mol. The van der Waals surface area contributed by atoms with Crippen molar-refractivity contribution in [3.63, 3.8) is 0 Å². The molecule has 1 aromatic heterocycles. The fourth-order valence-corrected chi connectivity index (χ4v) is 2.34. The van der Waals surface area contributed by atoms with Gasteiger partial charge in [0.05, 0.1) is 16.8 Å². The van der Waals surface area contributed by atoms with Crippen LogP contribution >= 0.6 is 0 Å². The summed E-state index contributed by atoms with van der Waals surface area (Å²) in [6, 6.07) is 18.4. The van der Waals surface area contributed by atoms with Gasteiger partial charge >= 0.3 is 5.97 Å². The number of aliphatic carboxylic acids is 1. The summed E-state index contributed by atoms with van der Waals surface area (Å²) in [5.74, 6) is -1.69. The Kier molecular flexibility index (Phi) is 4.49. The van der Waals surface area contributed by atoms with Crippen LogP contribution in [-0.2, 0) is 9.63 Å². The lowest BCUT2D eigenvalue weighted by Gasteiger charge is -2.10. The highest BCUT2D eigenvalue weighted by Gasteiger charge is 2.14. The normalized spacial score (nSPS) is 10.5. The van der Waals surface area contributed by atoms with E-state index < -0.39 is 18.5 Å². The van der Waals surface area contributed by atoms with Gasteiger partial charge in [0.15, 0.2) is 6.61 Å². The van der Waals surface area contributed by atoms with Crippen molar-refractivity contribution in [1.82, 2.24) is 10.5 Å². The van der Waals surface area contributed by atoms with Crippen LogP contribution in [0.5, 0.6) is 0 Å². The zero-order valence-corrected chi connectivity index (χ0v) is 12.6. The summed E-state index contributed by atoms with van der Waals surface area (Å²) in [4.78, 5) is 32.1. The van der Waals surface area contributed by atoms with Crippen LogP contribution in [0.25, 0.3) is 22.2 Å². The van der Waals surface area contributed by atoms with Gasteiger partial charge in [0.2, 0.25) is 0 Å². The molecule has 0 unspecified atom stereocenters. The van der Waals surface area contributed by atoms with E-state index in [1.165, 1.54) is 0 Å². The van der Waals surface area contributed by atoms with Crippen LogP contribution in [-0.4, -0.2) is 28.6 Å². The van der Waals surface area contributed by atoms with Crippen molar-refractivity contribution in [1.29, 1.82) is 0 Å². The van der Waals surface area contributed by atoms with E-state index in [1.54, 1.807) is 18.2 Å². The minimum Gasteiger partial charge on any atom is -0.479 e. The fourth-order valence-electron chi connectivity index (χ4n) is 2.34. The molecule has 0 fully saturated rings. The number of nitrogens with zero attached hydrogens (tertiary/aromatic N) is 1. The lowest BCUT2D eigenvalue weighted by molar-refractivity contribution is -0.144. The molecule has 3 aromatic rings. The lowest BCUT2D eigenvalue weighted by atomic mass is 10.0. The van der Waals surface area contributed by atoms with E-state index in [9.17, 15) is 9.59 Å². The molecule has 6 heteroatoms. The molecule has 0 aliphatic rings. The first-order valence-electron chi connectivity index (χ1n) is 7.24. The van der Waals surface area contributed by atoms with Crippen molar-refractivity contribution in [3.8, 4) is 11.3 Å². The van der Waals surface area contributed by atoms with Gasteiger partial charge in [-0.1, -0.05) is 48.5 Å². The van der Waals surface area contributed by atoms with Gasteiger partial charge in [-0.2, -0.15) is 0 Å². The zero-order valence-electron chi connectivity index (χ0n) is 12.6. The quantitative estimate of drug-likeness (QED) is 0.705. The van der Waals surface area contributed by atoms with Crippen LogP contribution in [0.2, 0.25) is 0 Å². The zero-order chi connectivity index (χ0) is 16.9. The van der Waals surface area contributed by atoms with Crippen molar-refractivity contribution >= 4 is 22.8 Å². The topological polar surface area (TPSA) is 88.5 Å². The number of para-hydroxylation sites is 1. The first-order valence-corrected chi connectivity index (χ1v) is 7.24. The van der Waals surface area contributed by atoms with Crippen LogP contribution in [0.15, 0.2) is 60.7 Å². The summed E-state index contributed by atoms with van der Waals surface area (Å²) in [5.41, 5.74) is 4.72. The molecule has 0 spiro atoms. The highest BCUT2D eigenvalue weighted by atomic mass is 16.7. The predicted octanol–water partition coefficient (Wildman–Crippen LogP) is 2.65. The maximum absolute atomic E-state index is 12.4. The van der Waals surface area contributed by atoms with E-state index in [0.717, 1.165) is 5.56 Å². The van der Waals surface area contributed by atoms with E-state index in [1.807, 2.05) is 42.5 Å². The number of carbonyl (C=O) groups excluding carboxylic acids is 1. The molecule has 0 saturated carbocycles. The fraction of sp³-hybridized carbons (Fsp3) is 0.0556. The maximum Gasteiger partial charge on any atom is 0.332 e. The molecule has 1 amide bonds. The van der Waals surface area contributed by atoms with Gasteiger partial charge in [-0.3, -0.25) is 9.63 Å². The third kappa shape index (κ3) is 3.39. The molecule has 0 bridgehead atoms.